The maximum atomic E-state index is 4.56. The third kappa shape index (κ3) is 3.35. The standard InChI is InChI=1S/C13H21N3S/c1-10-15-12-7-4-3-6-11(12)13(16-10)14-8-5-9-17-2/h3-9H2,1-2H3,(H,14,15,16). The van der Waals surface area contributed by atoms with Gasteiger partial charge in [0.2, 0.25) is 0 Å². The van der Waals surface area contributed by atoms with E-state index in [1.807, 2.05) is 18.7 Å². The van der Waals surface area contributed by atoms with Gasteiger partial charge in [-0.2, -0.15) is 11.8 Å². The molecule has 1 aliphatic rings. The van der Waals surface area contributed by atoms with Crippen molar-refractivity contribution in [3.05, 3.63) is 17.1 Å². The number of hydrogen-bond acceptors (Lipinski definition) is 4. The van der Waals surface area contributed by atoms with Crippen LogP contribution in [0.2, 0.25) is 0 Å². The highest BCUT2D eigenvalue weighted by Crippen LogP contribution is 2.25. The lowest BCUT2D eigenvalue weighted by Crippen LogP contribution is -2.14. The van der Waals surface area contributed by atoms with Gasteiger partial charge in [0.05, 0.1) is 0 Å². The molecule has 1 aliphatic carbocycles. The molecule has 4 heteroatoms. The molecular weight excluding hydrogens is 230 g/mol. The number of aryl methyl sites for hydroxylation is 2. The van der Waals surface area contributed by atoms with Crippen LogP contribution in [0, 0.1) is 6.92 Å². The first-order chi connectivity index (χ1) is 8.31. The smallest absolute Gasteiger partial charge is 0.133 e. The zero-order chi connectivity index (χ0) is 12.1. The summed E-state index contributed by atoms with van der Waals surface area (Å²) in [4.78, 5) is 9.12. The lowest BCUT2D eigenvalue weighted by molar-refractivity contribution is 0.659. The van der Waals surface area contributed by atoms with Crippen LogP contribution >= 0.6 is 11.8 Å². The van der Waals surface area contributed by atoms with Gasteiger partial charge >= 0.3 is 0 Å². The van der Waals surface area contributed by atoms with Crippen molar-refractivity contribution in [2.75, 3.05) is 23.9 Å². The Morgan fingerprint density at radius 2 is 2.06 bits per heavy atom. The molecular formula is C13H21N3S. The normalized spacial score (nSPS) is 14.5. The fraction of sp³-hybridized carbons (Fsp3) is 0.692. The third-order valence-electron chi connectivity index (χ3n) is 3.11. The molecule has 0 saturated carbocycles. The van der Waals surface area contributed by atoms with Crippen molar-refractivity contribution in [3.8, 4) is 0 Å². The van der Waals surface area contributed by atoms with Gasteiger partial charge in [0.25, 0.3) is 0 Å². The Balaban J connectivity index is 2.07. The Morgan fingerprint density at radius 1 is 1.24 bits per heavy atom. The van der Waals surface area contributed by atoms with Gasteiger partial charge in [0.1, 0.15) is 11.6 Å². The summed E-state index contributed by atoms with van der Waals surface area (Å²) < 4.78 is 0. The lowest BCUT2D eigenvalue weighted by Gasteiger charge is -2.19. The van der Waals surface area contributed by atoms with Crippen LogP contribution in [0.1, 0.15) is 36.3 Å². The van der Waals surface area contributed by atoms with E-state index < -0.39 is 0 Å². The maximum Gasteiger partial charge on any atom is 0.133 e. The number of rotatable bonds is 5. The fourth-order valence-corrected chi connectivity index (χ4v) is 2.72. The monoisotopic (exact) mass is 251 g/mol. The van der Waals surface area contributed by atoms with Crippen LogP contribution in [0.3, 0.4) is 0 Å². The largest absolute Gasteiger partial charge is 0.370 e. The minimum absolute atomic E-state index is 0.901. The van der Waals surface area contributed by atoms with Crippen molar-refractivity contribution in [1.29, 1.82) is 0 Å². The maximum absolute atomic E-state index is 4.56. The summed E-state index contributed by atoms with van der Waals surface area (Å²) in [6.07, 6.45) is 8.16. The Bertz CT molecular complexity index is 379. The van der Waals surface area contributed by atoms with Gasteiger partial charge in [-0.25, -0.2) is 9.97 Å². The van der Waals surface area contributed by atoms with E-state index in [-0.39, 0.29) is 0 Å². The molecule has 0 aliphatic heterocycles. The average Bonchev–Trinajstić information content (AvgIpc) is 2.34. The molecule has 94 valence electrons. The van der Waals surface area contributed by atoms with Crippen LogP contribution in [0.15, 0.2) is 0 Å². The van der Waals surface area contributed by atoms with E-state index in [0.717, 1.165) is 31.0 Å². The molecule has 2 rings (SSSR count). The van der Waals surface area contributed by atoms with Gasteiger partial charge in [0, 0.05) is 17.8 Å². The van der Waals surface area contributed by atoms with Crippen LogP contribution in [0.25, 0.3) is 0 Å². The summed E-state index contributed by atoms with van der Waals surface area (Å²) in [5, 5.41) is 3.48. The molecule has 0 atom stereocenters. The van der Waals surface area contributed by atoms with E-state index in [9.17, 15) is 0 Å². The van der Waals surface area contributed by atoms with Crippen molar-refractivity contribution in [2.24, 2.45) is 0 Å². The number of hydrogen-bond donors (Lipinski definition) is 1. The molecule has 3 nitrogen and oxygen atoms in total. The van der Waals surface area contributed by atoms with Crippen molar-refractivity contribution >= 4 is 17.6 Å². The van der Waals surface area contributed by atoms with Crippen LogP contribution in [0.4, 0.5) is 5.82 Å². The predicted molar refractivity (Wildman–Crippen MR) is 74.9 cm³/mol. The summed E-state index contributed by atoms with van der Waals surface area (Å²) in [7, 11) is 0. The second-order valence-electron chi connectivity index (χ2n) is 4.52. The highest BCUT2D eigenvalue weighted by molar-refractivity contribution is 7.98. The van der Waals surface area contributed by atoms with Gasteiger partial charge in [0.15, 0.2) is 0 Å². The Labute approximate surface area is 108 Å². The summed E-state index contributed by atoms with van der Waals surface area (Å²) >= 11 is 1.90. The molecule has 0 radical (unpaired) electrons. The predicted octanol–water partition coefficient (Wildman–Crippen LogP) is 2.83. The van der Waals surface area contributed by atoms with E-state index in [1.165, 1.54) is 36.3 Å². The molecule has 17 heavy (non-hydrogen) atoms. The van der Waals surface area contributed by atoms with Crippen LogP contribution in [0.5, 0.6) is 0 Å². The quantitative estimate of drug-likeness (QED) is 0.817. The molecule has 0 aromatic carbocycles. The molecule has 0 spiro atoms. The molecule has 1 aromatic heterocycles. The molecule has 0 fully saturated rings. The first-order valence-electron chi connectivity index (χ1n) is 6.40. The minimum Gasteiger partial charge on any atom is -0.370 e. The fourth-order valence-electron chi connectivity index (χ4n) is 2.29. The van der Waals surface area contributed by atoms with E-state index in [1.54, 1.807) is 0 Å². The molecule has 0 bridgehead atoms. The Hall–Kier alpha value is -0.770. The van der Waals surface area contributed by atoms with Crippen molar-refractivity contribution in [3.63, 3.8) is 0 Å². The first kappa shape index (κ1) is 12.7. The SMILES string of the molecule is CSCCCNc1nc(C)nc2c1CCCC2. The average molecular weight is 251 g/mol. The number of nitrogens with zero attached hydrogens (tertiary/aromatic N) is 2. The topological polar surface area (TPSA) is 37.8 Å². The molecule has 0 saturated heterocycles. The zero-order valence-electron chi connectivity index (χ0n) is 10.8. The van der Waals surface area contributed by atoms with Crippen LogP contribution in [-0.4, -0.2) is 28.5 Å². The Kier molecular flexibility index (Phi) is 4.66. The third-order valence-corrected chi connectivity index (χ3v) is 3.81. The van der Waals surface area contributed by atoms with E-state index in [0.29, 0.717) is 0 Å². The first-order valence-corrected chi connectivity index (χ1v) is 7.80. The molecule has 1 aromatic rings. The van der Waals surface area contributed by atoms with E-state index >= 15 is 0 Å². The van der Waals surface area contributed by atoms with Crippen molar-refractivity contribution < 1.29 is 0 Å². The van der Waals surface area contributed by atoms with Gasteiger partial charge < -0.3 is 5.32 Å². The molecule has 0 unspecified atom stereocenters. The van der Waals surface area contributed by atoms with Gasteiger partial charge in [-0.3, -0.25) is 0 Å². The van der Waals surface area contributed by atoms with Crippen molar-refractivity contribution in [1.82, 2.24) is 9.97 Å². The number of nitrogens with one attached hydrogen (secondary N) is 1. The lowest BCUT2D eigenvalue weighted by atomic mass is 9.96. The highest BCUT2D eigenvalue weighted by Gasteiger charge is 2.16. The van der Waals surface area contributed by atoms with Crippen molar-refractivity contribution in [2.45, 2.75) is 39.0 Å². The second-order valence-corrected chi connectivity index (χ2v) is 5.51. The molecule has 1 N–H and O–H groups in total. The van der Waals surface area contributed by atoms with Gasteiger partial charge in [-0.15, -0.1) is 0 Å². The minimum atomic E-state index is 0.901. The Morgan fingerprint density at radius 3 is 2.88 bits per heavy atom. The van der Waals surface area contributed by atoms with Crippen LogP contribution < -0.4 is 5.32 Å². The zero-order valence-corrected chi connectivity index (χ0v) is 11.6. The summed E-state index contributed by atoms with van der Waals surface area (Å²) in [5.74, 6) is 3.20. The summed E-state index contributed by atoms with van der Waals surface area (Å²) in [5.41, 5.74) is 2.64. The number of fused-ring (bicyclic) bond motifs is 1. The highest BCUT2D eigenvalue weighted by atomic mass is 32.2. The molecule has 1 heterocycles. The summed E-state index contributed by atoms with van der Waals surface area (Å²) in [6.45, 7) is 3.01. The second kappa shape index (κ2) is 6.24. The molecule has 0 amide bonds. The van der Waals surface area contributed by atoms with Gasteiger partial charge in [-0.05, 0) is 51.0 Å². The van der Waals surface area contributed by atoms with Gasteiger partial charge in [-0.1, -0.05) is 0 Å². The number of aromatic nitrogens is 2. The van der Waals surface area contributed by atoms with Crippen LogP contribution in [-0.2, 0) is 12.8 Å². The van der Waals surface area contributed by atoms with E-state index in [2.05, 4.69) is 21.5 Å². The number of anilines is 1. The van der Waals surface area contributed by atoms with E-state index in [4.69, 9.17) is 0 Å². The summed E-state index contributed by atoms with van der Waals surface area (Å²) in [6, 6.07) is 0. The number of thioether (sulfide) groups is 1.